The number of rotatable bonds is 21. The highest BCUT2D eigenvalue weighted by molar-refractivity contribution is 5.90. The minimum absolute atomic E-state index is 0.0173. The summed E-state index contributed by atoms with van der Waals surface area (Å²) in [5.41, 5.74) is 3.59. The Morgan fingerprint density at radius 3 is 1.66 bits per heavy atom. The first-order chi connectivity index (χ1) is 30.4. The average molecular weight is 843 g/mol. The lowest BCUT2D eigenvalue weighted by Gasteiger charge is -2.45. The molecule has 62 heavy (non-hydrogen) atoms. The number of hydrogen-bond acceptors (Lipinski definition) is 11. The quantitative estimate of drug-likeness (QED) is 0.0452. The third-order valence-corrected chi connectivity index (χ3v) is 9.68. The minimum Gasteiger partial charge on any atom is -0.460 e. The summed E-state index contributed by atoms with van der Waals surface area (Å²) in [6.07, 6.45) is -5.71. The van der Waals surface area contributed by atoms with Gasteiger partial charge in [0.25, 0.3) is 0 Å². The summed E-state index contributed by atoms with van der Waals surface area (Å²) in [6, 6.07) is 44.4. The molecule has 6 atom stereocenters. The molecule has 0 unspecified atom stereocenters. The van der Waals surface area contributed by atoms with E-state index in [0.29, 0.717) is 5.56 Å². The highest BCUT2D eigenvalue weighted by atomic mass is 16.6. The van der Waals surface area contributed by atoms with Crippen molar-refractivity contribution in [2.24, 2.45) is 0 Å². The summed E-state index contributed by atoms with van der Waals surface area (Å²) in [7, 11) is 0. The molecule has 1 saturated heterocycles. The van der Waals surface area contributed by atoms with Gasteiger partial charge in [-0.05, 0) is 34.4 Å². The number of hydrogen-bond donors (Lipinski definition) is 2. The lowest BCUT2D eigenvalue weighted by molar-refractivity contribution is -0.265. The molecule has 13 heteroatoms. The molecular formula is C49H50N2O11. The van der Waals surface area contributed by atoms with Crippen LogP contribution in [0.4, 0.5) is 4.79 Å². The van der Waals surface area contributed by atoms with E-state index < -0.39 is 67.0 Å². The van der Waals surface area contributed by atoms with Crippen molar-refractivity contribution >= 4 is 23.9 Å². The van der Waals surface area contributed by atoms with Crippen LogP contribution in [0.15, 0.2) is 164 Å². The largest absolute Gasteiger partial charge is 0.460 e. The number of carbonyl (C=O) groups is 4. The highest BCUT2D eigenvalue weighted by Gasteiger charge is 2.50. The third-order valence-electron chi connectivity index (χ3n) is 9.68. The van der Waals surface area contributed by atoms with Gasteiger partial charge in [0.15, 0.2) is 12.3 Å². The van der Waals surface area contributed by atoms with Gasteiger partial charge >= 0.3 is 18.0 Å². The lowest BCUT2D eigenvalue weighted by Crippen LogP contribution is -2.66. The molecule has 0 saturated carbocycles. The van der Waals surface area contributed by atoms with Crippen LogP contribution in [0, 0.1) is 0 Å². The van der Waals surface area contributed by atoms with Crippen LogP contribution in [0.1, 0.15) is 39.0 Å². The maximum Gasteiger partial charge on any atom is 0.408 e. The van der Waals surface area contributed by atoms with E-state index in [1.807, 2.05) is 97.1 Å². The van der Waals surface area contributed by atoms with E-state index in [1.54, 1.807) is 54.6 Å². The lowest BCUT2D eigenvalue weighted by atomic mass is 9.96. The van der Waals surface area contributed by atoms with Gasteiger partial charge in [-0.1, -0.05) is 152 Å². The highest BCUT2D eigenvalue weighted by Crippen LogP contribution is 2.30. The number of carbonyl (C=O) groups excluding carboxylic acids is 4. The number of esters is 2. The SMILES string of the molecule is C=CCOC(=O)[C@H](CC(=O)N[C@H]1O[C@H](COCc2ccccc2)[C@@H](OCc2ccccc2)[C@H](OCc2ccccc2)[C@@H]1OC(=O)c1ccccc1)NC(=O)OCc1ccccc1. The molecule has 6 rings (SSSR count). The van der Waals surface area contributed by atoms with Crippen LogP contribution < -0.4 is 10.6 Å². The second-order valence-electron chi connectivity index (χ2n) is 14.3. The number of amides is 2. The summed E-state index contributed by atoms with van der Waals surface area (Å²) in [6.45, 7) is 3.78. The fourth-order valence-corrected chi connectivity index (χ4v) is 6.60. The first-order valence-electron chi connectivity index (χ1n) is 20.2. The van der Waals surface area contributed by atoms with Crippen LogP contribution >= 0.6 is 0 Å². The Balaban J connectivity index is 1.30. The fourth-order valence-electron chi connectivity index (χ4n) is 6.60. The monoisotopic (exact) mass is 842 g/mol. The minimum atomic E-state index is -1.48. The molecule has 0 aliphatic carbocycles. The van der Waals surface area contributed by atoms with E-state index in [-0.39, 0.29) is 45.2 Å². The maximum atomic E-state index is 14.1. The van der Waals surface area contributed by atoms with Crippen LogP contribution in [0.2, 0.25) is 0 Å². The first-order valence-corrected chi connectivity index (χ1v) is 20.2. The normalized spacial score (nSPS) is 18.7. The van der Waals surface area contributed by atoms with Gasteiger partial charge in [-0.3, -0.25) is 4.79 Å². The Hall–Kier alpha value is -6.64. The molecule has 1 aliphatic heterocycles. The van der Waals surface area contributed by atoms with Gasteiger partial charge in [0.1, 0.15) is 37.6 Å². The zero-order valence-corrected chi connectivity index (χ0v) is 34.1. The van der Waals surface area contributed by atoms with E-state index >= 15 is 0 Å². The molecule has 1 heterocycles. The smallest absolute Gasteiger partial charge is 0.408 e. The Bertz CT molecular complexity index is 2140. The molecule has 13 nitrogen and oxygen atoms in total. The number of alkyl carbamates (subject to hydrolysis) is 1. The number of nitrogens with one attached hydrogen (secondary N) is 2. The van der Waals surface area contributed by atoms with Gasteiger partial charge in [0, 0.05) is 0 Å². The summed E-state index contributed by atoms with van der Waals surface area (Å²) >= 11 is 0. The first kappa shape index (κ1) is 44.9. The van der Waals surface area contributed by atoms with Gasteiger partial charge in [0.2, 0.25) is 5.91 Å². The van der Waals surface area contributed by atoms with Crippen molar-refractivity contribution in [2.75, 3.05) is 13.2 Å². The molecule has 0 aromatic heterocycles. The standard InChI is InChI=1S/C49H50N2O11/c1-2-28-57-48(54)40(50-49(55)60-33-38-24-14-6-15-25-38)29-42(52)51-46-45(62-47(53)39-26-16-7-17-27-39)44(59-32-37-22-12-5-13-23-37)43(58-31-36-20-10-4-11-21-36)41(61-46)34-56-30-35-18-8-3-9-19-35/h2-27,40-41,43-46H,1,28-34H2,(H,50,55)(H,51,52)/t40-,41+,43+,44-,45-,46-/m0/s1. The van der Waals surface area contributed by atoms with Gasteiger partial charge in [0.05, 0.1) is 38.4 Å². The van der Waals surface area contributed by atoms with E-state index in [4.69, 9.17) is 33.2 Å². The van der Waals surface area contributed by atoms with Crippen molar-refractivity contribution in [3.05, 3.63) is 192 Å². The summed E-state index contributed by atoms with van der Waals surface area (Å²) in [4.78, 5) is 54.1. The summed E-state index contributed by atoms with van der Waals surface area (Å²) < 4.78 is 42.9. The van der Waals surface area contributed by atoms with Crippen LogP contribution in [0.25, 0.3) is 0 Å². The van der Waals surface area contributed by atoms with Crippen LogP contribution in [-0.4, -0.2) is 73.8 Å². The summed E-state index contributed by atoms with van der Waals surface area (Å²) in [5.74, 6) is -2.37. The topological polar surface area (TPSA) is 157 Å². The van der Waals surface area contributed by atoms with Crippen LogP contribution in [0.3, 0.4) is 0 Å². The van der Waals surface area contributed by atoms with Gasteiger partial charge in [-0.2, -0.15) is 0 Å². The predicted molar refractivity (Wildman–Crippen MR) is 228 cm³/mol. The number of benzene rings is 5. The van der Waals surface area contributed by atoms with Crippen molar-refractivity contribution < 1.29 is 52.3 Å². The average Bonchev–Trinajstić information content (AvgIpc) is 3.31. The fraction of sp³-hybridized carbons (Fsp3) is 0.265. The molecule has 2 amide bonds. The number of ether oxygens (including phenoxy) is 7. The second-order valence-corrected chi connectivity index (χ2v) is 14.3. The Kier molecular flexibility index (Phi) is 17.4. The zero-order chi connectivity index (χ0) is 43.4. The predicted octanol–water partition coefficient (Wildman–Crippen LogP) is 6.86. The Morgan fingerprint density at radius 2 is 1.11 bits per heavy atom. The van der Waals surface area contributed by atoms with E-state index in [1.165, 1.54) is 6.08 Å². The van der Waals surface area contributed by atoms with Crippen LogP contribution in [0.5, 0.6) is 0 Å². The van der Waals surface area contributed by atoms with Gasteiger partial charge in [-0.15, -0.1) is 0 Å². The van der Waals surface area contributed by atoms with E-state index in [9.17, 15) is 19.2 Å². The molecule has 5 aromatic rings. The molecule has 0 radical (unpaired) electrons. The Labute approximate surface area is 360 Å². The zero-order valence-electron chi connectivity index (χ0n) is 34.1. The molecular weight excluding hydrogens is 793 g/mol. The van der Waals surface area contributed by atoms with Crippen LogP contribution in [-0.2, 0) is 69.2 Å². The van der Waals surface area contributed by atoms with E-state index in [0.717, 1.165) is 16.7 Å². The van der Waals surface area contributed by atoms with Crippen molar-refractivity contribution in [3.63, 3.8) is 0 Å². The van der Waals surface area contributed by atoms with E-state index in [2.05, 4.69) is 17.2 Å². The summed E-state index contributed by atoms with van der Waals surface area (Å²) in [5, 5.41) is 5.26. The molecule has 0 spiro atoms. The second kappa shape index (κ2) is 24.0. The van der Waals surface area contributed by atoms with Gasteiger partial charge in [-0.25, -0.2) is 14.4 Å². The van der Waals surface area contributed by atoms with Crippen molar-refractivity contribution in [2.45, 2.75) is 69.5 Å². The van der Waals surface area contributed by atoms with Crippen molar-refractivity contribution in [3.8, 4) is 0 Å². The third kappa shape index (κ3) is 14.0. The molecule has 5 aromatic carbocycles. The molecule has 0 bridgehead atoms. The Morgan fingerprint density at radius 1 is 0.613 bits per heavy atom. The molecule has 322 valence electrons. The molecule has 2 N–H and O–H groups in total. The molecule has 1 aliphatic rings. The van der Waals surface area contributed by atoms with Crippen molar-refractivity contribution in [1.29, 1.82) is 0 Å². The maximum absolute atomic E-state index is 14.1. The molecule has 1 fully saturated rings. The van der Waals surface area contributed by atoms with Crippen molar-refractivity contribution in [1.82, 2.24) is 10.6 Å². The van der Waals surface area contributed by atoms with Gasteiger partial charge < -0.3 is 43.8 Å².